The third-order valence-electron chi connectivity index (χ3n) is 3.91. The lowest BCUT2D eigenvalue weighted by atomic mass is 9.91. The summed E-state index contributed by atoms with van der Waals surface area (Å²) in [6.45, 7) is 6.71. The molecule has 1 aromatic rings. The van der Waals surface area contributed by atoms with Gasteiger partial charge in [-0.05, 0) is 12.8 Å². The van der Waals surface area contributed by atoms with Crippen molar-refractivity contribution in [1.29, 1.82) is 0 Å². The van der Waals surface area contributed by atoms with Crippen LogP contribution in [0.2, 0.25) is 0 Å². The third-order valence-corrected chi connectivity index (χ3v) is 3.91. The molecule has 0 spiro atoms. The van der Waals surface area contributed by atoms with Gasteiger partial charge in [0, 0.05) is 33.2 Å². The minimum absolute atomic E-state index is 0.0358. The lowest BCUT2D eigenvalue weighted by Crippen LogP contribution is -2.36. The normalized spacial score (nSPS) is 20.1. The molecule has 0 radical (unpaired) electrons. The molecule has 0 aromatic carbocycles. The van der Waals surface area contributed by atoms with Gasteiger partial charge in [0.25, 0.3) is 0 Å². The number of carbonyl (C=O) groups is 1. The maximum atomic E-state index is 11.7. The van der Waals surface area contributed by atoms with Crippen LogP contribution in [0.3, 0.4) is 0 Å². The number of hydrogen-bond donors (Lipinski definition) is 0. The largest absolute Gasteiger partial charge is 0.381 e. The smallest absolute Gasteiger partial charge is 0.237 e. The number of ether oxygens (including phenoxy) is 2. The average Bonchev–Trinajstić information content (AvgIpc) is 2.88. The van der Waals surface area contributed by atoms with Gasteiger partial charge in [-0.2, -0.15) is 4.98 Å². The molecule has 1 aliphatic heterocycles. The molecular formula is C14H22N2O4. The Labute approximate surface area is 118 Å². The van der Waals surface area contributed by atoms with Gasteiger partial charge in [-0.3, -0.25) is 4.79 Å². The summed E-state index contributed by atoms with van der Waals surface area (Å²) in [7, 11) is 1.65. The maximum absolute atomic E-state index is 11.7. The van der Waals surface area contributed by atoms with E-state index in [9.17, 15) is 4.79 Å². The molecule has 0 bridgehead atoms. The molecule has 2 rings (SSSR count). The highest BCUT2D eigenvalue weighted by molar-refractivity contribution is 5.82. The molecule has 20 heavy (non-hydrogen) atoms. The van der Waals surface area contributed by atoms with E-state index in [1.54, 1.807) is 14.0 Å². The first kappa shape index (κ1) is 15.1. The van der Waals surface area contributed by atoms with E-state index in [1.807, 2.05) is 13.8 Å². The topological polar surface area (TPSA) is 74.5 Å². The molecule has 1 fully saturated rings. The highest BCUT2D eigenvalue weighted by Crippen LogP contribution is 2.35. The second kappa shape index (κ2) is 6.01. The van der Waals surface area contributed by atoms with E-state index in [-0.39, 0.29) is 17.6 Å². The van der Waals surface area contributed by atoms with Crippen LogP contribution in [0.5, 0.6) is 0 Å². The molecule has 1 unspecified atom stereocenters. The van der Waals surface area contributed by atoms with Gasteiger partial charge in [-0.15, -0.1) is 0 Å². The molecule has 0 saturated carbocycles. The van der Waals surface area contributed by atoms with Crippen molar-refractivity contribution in [2.24, 2.45) is 5.92 Å². The third kappa shape index (κ3) is 2.76. The van der Waals surface area contributed by atoms with Crippen LogP contribution in [-0.4, -0.2) is 36.2 Å². The van der Waals surface area contributed by atoms with Crippen molar-refractivity contribution in [3.05, 3.63) is 11.7 Å². The fourth-order valence-electron chi connectivity index (χ4n) is 2.70. The van der Waals surface area contributed by atoms with E-state index in [0.717, 1.165) is 0 Å². The summed E-state index contributed by atoms with van der Waals surface area (Å²) in [4.78, 5) is 16.2. The van der Waals surface area contributed by atoms with Crippen molar-refractivity contribution in [1.82, 2.24) is 10.1 Å². The summed E-state index contributed by atoms with van der Waals surface area (Å²) in [6, 6.07) is 0. The molecule has 1 aliphatic rings. The van der Waals surface area contributed by atoms with Crippen LogP contribution >= 0.6 is 0 Å². The summed E-state index contributed by atoms with van der Waals surface area (Å²) in [5.74, 6) is 0.697. The van der Waals surface area contributed by atoms with E-state index in [0.29, 0.717) is 37.8 Å². The van der Waals surface area contributed by atoms with Crippen molar-refractivity contribution in [3.63, 3.8) is 0 Å². The fraction of sp³-hybridized carbons (Fsp3) is 0.786. The van der Waals surface area contributed by atoms with Crippen LogP contribution in [0.4, 0.5) is 0 Å². The fourth-order valence-corrected chi connectivity index (χ4v) is 2.70. The van der Waals surface area contributed by atoms with Gasteiger partial charge in [0.05, 0.1) is 5.92 Å². The zero-order valence-corrected chi connectivity index (χ0v) is 12.5. The minimum atomic E-state index is -0.557. The Morgan fingerprint density at radius 2 is 2.00 bits per heavy atom. The Morgan fingerprint density at radius 3 is 2.50 bits per heavy atom. The number of ketones is 1. The quantitative estimate of drug-likeness (QED) is 0.822. The predicted octanol–water partition coefficient (Wildman–Crippen LogP) is 2.05. The van der Waals surface area contributed by atoms with Gasteiger partial charge in [0.1, 0.15) is 11.4 Å². The Hall–Kier alpha value is -1.27. The second-order valence-corrected chi connectivity index (χ2v) is 5.60. The number of nitrogens with zero attached hydrogens (tertiary/aromatic N) is 2. The number of Topliss-reactive ketones (excluding diaryl/α,β-unsaturated/α-hetero) is 1. The highest BCUT2D eigenvalue weighted by Gasteiger charge is 2.40. The zero-order chi connectivity index (χ0) is 14.8. The Kier molecular flexibility index (Phi) is 4.55. The monoisotopic (exact) mass is 282 g/mol. The zero-order valence-electron chi connectivity index (χ0n) is 12.5. The number of methoxy groups -OCH3 is 1. The highest BCUT2D eigenvalue weighted by atomic mass is 16.5. The standard InChI is InChI=1S/C14H22N2O4/c1-9(2)11(10(3)17)12-15-13(16-20-12)14(18-4)5-7-19-8-6-14/h9,11H,5-8H2,1-4H3. The number of rotatable bonds is 5. The van der Waals surface area contributed by atoms with Crippen molar-refractivity contribution >= 4 is 5.78 Å². The maximum Gasteiger partial charge on any atom is 0.237 e. The van der Waals surface area contributed by atoms with E-state index in [2.05, 4.69) is 10.1 Å². The van der Waals surface area contributed by atoms with Crippen LogP contribution in [0.15, 0.2) is 4.52 Å². The van der Waals surface area contributed by atoms with Gasteiger partial charge < -0.3 is 14.0 Å². The summed E-state index contributed by atoms with van der Waals surface area (Å²) in [5.41, 5.74) is -0.557. The first-order valence-corrected chi connectivity index (χ1v) is 6.97. The Balaban J connectivity index is 2.29. The van der Waals surface area contributed by atoms with E-state index in [1.165, 1.54) is 0 Å². The summed E-state index contributed by atoms with van der Waals surface area (Å²) in [5, 5.41) is 4.05. The molecule has 1 saturated heterocycles. The van der Waals surface area contributed by atoms with Gasteiger partial charge in [-0.25, -0.2) is 0 Å². The van der Waals surface area contributed by atoms with E-state index >= 15 is 0 Å². The number of aromatic nitrogens is 2. The predicted molar refractivity (Wildman–Crippen MR) is 71.3 cm³/mol. The molecular weight excluding hydrogens is 260 g/mol. The van der Waals surface area contributed by atoms with Crippen molar-refractivity contribution in [3.8, 4) is 0 Å². The summed E-state index contributed by atoms with van der Waals surface area (Å²) >= 11 is 0. The molecule has 0 aliphatic carbocycles. The van der Waals surface area contributed by atoms with Crippen LogP contribution < -0.4 is 0 Å². The SMILES string of the molecule is COC1(c2noc(C(C(C)=O)C(C)C)n2)CCOCC1. The van der Waals surface area contributed by atoms with Crippen LogP contribution in [0, 0.1) is 5.92 Å². The Bertz CT molecular complexity index is 463. The minimum Gasteiger partial charge on any atom is -0.381 e. The molecule has 1 atom stereocenters. The summed E-state index contributed by atoms with van der Waals surface area (Å²) < 4.78 is 16.3. The number of hydrogen-bond acceptors (Lipinski definition) is 6. The summed E-state index contributed by atoms with van der Waals surface area (Å²) in [6.07, 6.45) is 1.38. The first-order chi connectivity index (χ1) is 9.50. The van der Waals surface area contributed by atoms with Crippen LogP contribution in [0.25, 0.3) is 0 Å². The van der Waals surface area contributed by atoms with Crippen LogP contribution in [-0.2, 0) is 19.9 Å². The molecule has 1 aromatic heterocycles. The lowest BCUT2D eigenvalue weighted by Gasteiger charge is -2.32. The van der Waals surface area contributed by atoms with Crippen molar-refractivity contribution in [2.75, 3.05) is 20.3 Å². The lowest BCUT2D eigenvalue weighted by molar-refractivity contribution is -0.119. The van der Waals surface area contributed by atoms with Gasteiger partial charge in [0.15, 0.2) is 0 Å². The molecule has 6 nitrogen and oxygen atoms in total. The second-order valence-electron chi connectivity index (χ2n) is 5.60. The van der Waals surface area contributed by atoms with Gasteiger partial charge >= 0.3 is 0 Å². The van der Waals surface area contributed by atoms with Crippen LogP contribution in [0.1, 0.15) is 51.2 Å². The van der Waals surface area contributed by atoms with E-state index < -0.39 is 5.60 Å². The molecule has 0 N–H and O–H groups in total. The average molecular weight is 282 g/mol. The molecule has 6 heteroatoms. The Morgan fingerprint density at radius 1 is 1.35 bits per heavy atom. The van der Waals surface area contributed by atoms with Crippen molar-refractivity contribution in [2.45, 2.75) is 45.1 Å². The first-order valence-electron chi connectivity index (χ1n) is 6.97. The molecule has 112 valence electrons. The molecule has 0 amide bonds. The number of carbonyl (C=O) groups excluding carboxylic acids is 1. The van der Waals surface area contributed by atoms with Crippen molar-refractivity contribution < 1.29 is 18.8 Å². The van der Waals surface area contributed by atoms with E-state index in [4.69, 9.17) is 14.0 Å². The molecule has 2 heterocycles. The van der Waals surface area contributed by atoms with Gasteiger partial charge in [-0.1, -0.05) is 19.0 Å². The van der Waals surface area contributed by atoms with Gasteiger partial charge in [0.2, 0.25) is 11.7 Å².